The lowest BCUT2D eigenvalue weighted by molar-refractivity contribution is -0.124. The number of ether oxygens (including phenoxy) is 1. The molecule has 4 aromatic rings. The van der Waals surface area contributed by atoms with Gasteiger partial charge in [0.05, 0.1) is 24.9 Å². The van der Waals surface area contributed by atoms with Crippen molar-refractivity contribution >= 4 is 28.6 Å². The molecule has 182 valence electrons. The number of hydrogen-bond acceptors (Lipinski definition) is 6. The molecule has 1 aliphatic rings. The number of nitrogens with one attached hydrogen (secondary N) is 3. The first-order valence-corrected chi connectivity index (χ1v) is 11.1. The number of methoxy groups -OCH3 is 1. The van der Waals surface area contributed by atoms with Crippen LogP contribution in [0.25, 0.3) is 22.0 Å². The van der Waals surface area contributed by atoms with Gasteiger partial charge < -0.3 is 25.0 Å². The second-order valence-electron chi connectivity index (χ2n) is 8.40. The van der Waals surface area contributed by atoms with Gasteiger partial charge in [-0.3, -0.25) is 19.9 Å². The van der Waals surface area contributed by atoms with E-state index in [0.717, 1.165) is 5.39 Å². The molecule has 4 N–H and O–H groups in total. The van der Waals surface area contributed by atoms with E-state index in [-0.39, 0.29) is 18.3 Å². The molecular weight excluding hydrogens is 462 g/mol. The topological polar surface area (TPSA) is 135 Å². The highest BCUT2D eigenvalue weighted by atomic mass is 16.5. The van der Waals surface area contributed by atoms with Gasteiger partial charge in [0.1, 0.15) is 5.75 Å². The van der Waals surface area contributed by atoms with Crippen LogP contribution in [0.15, 0.2) is 67.0 Å². The molecule has 0 bridgehead atoms. The fourth-order valence-electron chi connectivity index (χ4n) is 4.49. The van der Waals surface area contributed by atoms with Crippen molar-refractivity contribution in [2.75, 3.05) is 14.2 Å². The Hall–Kier alpha value is -4.86. The summed E-state index contributed by atoms with van der Waals surface area (Å²) in [6.45, 7) is -0.0557. The number of carbonyl (C=O) groups excluding carboxylic acids is 3. The van der Waals surface area contributed by atoms with Crippen molar-refractivity contribution in [3.8, 4) is 22.9 Å². The molecule has 10 heteroatoms. The van der Waals surface area contributed by atoms with Crippen molar-refractivity contribution in [3.05, 3.63) is 78.1 Å². The van der Waals surface area contributed by atoms with Crippen molar-refractivity contribution in [1.82, 2.24) is 25.5 Å². The average Bonchev–Trinajstić information content (AvgIpc) is 3.37. The summed E-state index contributed by atoms with van der Waals surface area (Å²) in [5, 5.41) is 19.9. The molecule has 1 atom stereocenters. The van der Waals surface area contributed by atoms with Crippen LogP contribution < -0.4 is 20.7 Å². The summed E-state index contributed by atoms with van der Waals surface area (Å²) < 4.78 is 6.77. The fraction of sp³-hybridized carbons (Fsp3) is 0.154. The molecule has 0 unspecified atom stereocenters. The Balaban J connectivity index is 1.56. The van der Waals surface area contributed by atoms with Crippen LogP contribution in [0.4, 0.5) is 4.79 Å². The highest BCUT2D eigenvalue weighted by Gasteiger charge is 2.48. The summed E-state index contributed by atoms with van der Waals surface area (Å²) in [5.74, 6) is -0.289. The number of rotatable bonds is 6. The van der Waals surface area contributed by atoms with E-state index in [1.807, 2.05) is 0 Å². The Labute approximate surface area is 205 Å². The van der Waals surface area contributed by atoms with Gasteiger partial charge in [0, 0.05) is 35.8 Å². The molecule has 2 aromatic heterocycles. The van der Waals surface area contributed by atoms with Crippen LogP contribution in [-0.4, -0.2) is 46.7 Å². The number of pyridine rings is 1. The van der Waals surface area contributed by atoms with E-state index < -0.39 is 17.5 Å². The molecule has 2 aromatic carbocycles. The van der Waals surface area contributed by atoms with E-state index in [0.29, 0.717) is 33.5 Å². The van der Waals surface area contributed by atoms with Crippen LogP contribution >= 0.6 is 0 Å². The van der Waals surface area contributed by atoms with Crippen LogP contribution in [0.2, 0.25) is 0 Å². The van der Waals surface area contributed by atoms with Crippen LogP contribution in [0.5, 0.6) is 11.6 Å². The molecule has 5 rings (SSSR count). The predicted octanol–water partition coefficient (Wildman–Crippen LogP) is 2.51. The van der Waals surface area contributed by atoms with Crippen LogP contribution in [-0.2, 0) is 16.9 Å². The predicted molar refractivity (Wildman–Crippen MR) is 132 cm³/mol. The van der Waals surface area contributed by atoms with Crippen molar-refractivity contribution in [2.24, 2.45) is 0 Å². The SMILES string of the molecule is CNC(=O)c1cccnc1-c1ccc([C@]2(Cn3cc4ccc(OC)cc4c3O)NC(=O)NC2=O)cc1. The number of fused-ring (bicyclic) bond motifs is 1. The molecule has 1 saturated heterocycles. The minimum Gasteiger partial charge on any atom is -0.497 e. The first-order chi connectivity index (χ1) is 17.4. The molecule has 1 fully saturated rings. The summed E-state index contributed by atoms with van der Waals surface area (Å²) in [6.07, 6.45) is 3.30. The van der Waals surface area contributed by atoms with Crippen molar-refractivity contribution in [1.29, 1.82) is 0 Å². The standard InChI is InChI=1S/C26H23N5O5/c1-27-22(32)19-4-3-11-28-21(19)15-5-8-17(9-6-15)26(24(34)29-25(35)30-26)14-31-13-16-7-10-18(36-2)12-20(16)23(31)33/h3-13,33H,14H2,1-2H3,(H,27,32)(H2,29,30,34,35)/t26-/m0/s1. The molecule has 36 heavy (non-hydrogen) atoms. The number of aromatic nitrogens is 2. The summed E-state index contributed by atoms with van der Waals surface area (Å²) >= 11 is 0. The average molecular weight is 486 g/mol. The third-order valence-electron chi connectivity index (χ3n) is 6.35. The van der Waals surface area contributed by atoms with Crippen LogP contribution in [0, 0.1) is 0 Å². The summed E-state index contributed by atoms with van der Waals surface area (Å²) in [5.41, 5.74) is 0.593. The summed E-state index contributed by atoms with van der Waals surface area (Å²) in [7, 11) is 3.08. The molecular formula is C26H23N5O5. The zero-order valence-corrected chi connectivity index (χ0v) is 19.5. The van der Waals surface area contributed by atoms with Gasteiger partial charge in [-0.1, -0.05) is 24.3 Å². The third-order valence-corrected chi connectivity index (χ3v) is 6.35. The lowest BCUT2D eigenvalue weighted by Gasteiger charge is -2.27. The lowest BCUT2D eigenvalue weighted by atomic mass is 9.88. The Morgan fingerprint density at radius 1 is 1.17 bits per heavy atom. The van der Waals surface area contributed by atoms with E-state index in [9.17, 15) is 19.5 Å². The van der Waals surface area contributed by atoms with Gasteiger partial charge in [-0.05, 0) is 35.9 Å². The number of amides is 4. The molecule has 0 radical (unpaired) electrons. The van der Waals surface area contributed by atoms with Gasteiger partial charge >= 0.3 is 6.03 Å². The van der Waals surface area contributed by atoms with Gasteiger partial charge in [0.15, 0.2) is 11.4 Å². The molecule has 4 amide bonds. The van der Waals surface area contributed by atoms with E-state index in [1.54, 1.807) is 74.0 Å². The number of benzene rings is 2. The lowest BCUT2D eigenvalue weighted by Crippen LogP contribution is -2.47. The number of carbonyl (C=O) groups is 3. The quantitative estimate of drug-likeness (QED) is 0.310. The van der Waals surface area contributed by atoms with Gasteiger partial charge in [0.2, 0.25) is 0 Å². The Morgan fingerprint density at radius 2 is 1.94 bits per heavy atom. The Morgan fingerprint density at radius 3 is 2.61 bits per heavy atom. The molecule has 3 heterocycles. The van der Waals surface area contributed by atoms with Crippen molar-refractivity contribution < 1.29 is 24.2 Å². The van der Waals surface area contributed by atoms with Crippen molar-refractivity contribution in [3.63, 3.8) is 0 Å². The Bertz CT molecular complexity index is 1510. The number of imide groups is 1. The van der Waals surface area contributed by atoms with Gasteiger partial charge in [-0.15, -0.1) is 0 Å². The number of nitrogens with zero attached hydrogens (tertiary/aromatic N) is 2. The highest BCUT2D eigenvalue weighted by Crippen LogP contribution is 2.35. The largest absolute Gasteiger partial charge is 0.497 e. The molecule has 1 aliphatic heterocycles. The third kappa shape index (κ3) is 3.68. The maximum Gasteiger partial charge on any atom is 0.322 e. The first-order valence-electron chi connectivity index (χ1n) is 11.1. The van der Waals surface area contributed by atoms with Gasteiger partial charge in [-0.2, -0.15) is 0 Å². The second-order valence-corrected chi connectivity index (χ2v) is 8.40. The van der Waals surface area contributed by atoms with Gasteiger partial charge in [0.25, 0.3) is 11.8 Å². The normalized spacial score (nSPS) is 17.1. The zero-order valence-electron chi connectivity index (χ0n) is 19.5. The highest BCUT2D eigenvalue weighted by molar-refractivity contribution is 6.07. The maximum atomic E-state index is 13.1. The zero-order chi connectivity index (χ0) is 25.4. The van der Waals surface area contributed by atoms with E-state index in [4.69, 9.17) is 4.74 Å². The maximum absolute atomic E-state index is 13.1. The van der Waals surface area contributed by atoms with Crippen LogP contribution in [0.3, 0.4) is 0 Å². The fourth-order valence-corrected chi connectivity index (χ4v) is 4.49. The van der Waals surface area contributed by atoms with Crippen molar-refractivity contribution in [2.45, 2.75) is 12.1 Å². The Kier molecular flexibility index (Phi) is 5.56. The monoisotopic (exact) mass is 485 g/mol. The molecule has 0 saturated carbocycles. The van der Waals surface area contributed by atoms with E-state index in [1.165, 1.54) is 11.7 Å². The summed E-state index contributed by atoms with van der Waals surface area (Å²) in [4.78, 5) is 42.0. The molecule has 0 aliphatic carbocycles. The van der Waals surface area contributed by atoms with E-state index >= 15 is 0 Å². The number of hydrogen-bond donors (Lipinski definition) is 4. The minimum absolute atomic E-state index is 0.0557. The number of urea groups is 1. The number of aromatic hydroxyl groups is 1. The smallest absolute Gasteiger partial charge is 0.322 e. The summed E-state index contributed by atoms with van der Waals surface area (Å²) in [6, 6.07) is 14.9. The first kappa shape index (κ1) is 22.9. The molecule has 10 nitrogen and oxygen atoms in total. The molecule has 0 spiro atoms. The van der Waals surface area contributed by atoms with Gasteiger partial charge in [-0.25, -0.2) is 4.79 Å². The van der Waals surface area contributed by atoms with Crippen LogP contribution in [0.1, 0.15) is 15.9 Å². The minimum atomic E-state index is -1.47. The van der Waals surface area contributed by atoms with E-state index in [2.05, 4.69) is 20.9 Å². The second kappa shape index (κ2) is 8.73.